The summed E-state index contributed by atoms with van der Waals surface area (Å²) in [4.78, 5) is 25.1. The van der Waals surface area contributed by atoms with Gasteiger partial charge in [-0.3, -0.25) is 9.59 Å². The summed E-state index contributed by atoms with van der Waals surface area (Å²) in [6.07, 6.45) is 0.930. The third-order valence-electron chi connectivity index (χ3n) is 5.14. The average Bonchev–Trinajstić information content (AvgIpc) is 3.20. The van der Waals surface area contributed by atoms with Gasteiger partial charge in [-0.15, -0.1) is 10.2 Å². The number of ether oxygens (including phenoxy) is 1. The van der Waals surface area contributed by atoms with E-state index in [-0.39, 0.29) is 24.0 Å². The SMILES string of the molecule is CCc1cccc(C)c1NC(=O)CSc1nnc(CC(=O)Nc2ccc(OC)cc2)n1CC. The molecule has 1 heterocycles. The van der Waals surface area contributed by atoms with Crippen LogP contribution in [-0.4, -0.2) is 39.4 Å². The molecule has 3 rings (SSSR count). The molecule has 2 aromatic carbocycles. The summed E-state index contributed by atoms with van der Waals surface area (Å²) in [5, 5.41) is 14.9. The van der Waals surface area contributed by atoms with Gasteiger partial charge in [0.15, 0.2) is 5.16 Å². The van der Waals surface area contributed by atoms with Gasteiger partial charge in [0, 0.05) is 17.9 Å². The minimum absolute atomic E-state index is 0.0860. The zero-order valence-electron chi connectivity index (χ0n) is 19.3. The van der Waals surface area contributed by atoms with E-state index in [1.54, 1.807) is 31.4 Å². The molecule has 0 unspecified atom stereocenters. The maximum absolute atomic E-state index is 12.6. The van der Waals surface area contributed by atoms with E-state index in [0.717, 1.165) is 29.0 Å². The van der Waals surface area contributed by atoms with Gasteiger partial charge in [-0.05, 0) is 55.7 Å². The largest absolute Gasteiger partial charge is 0.497 e. The Morgan fingerprint density at radius 1 is 1.03 bits per heavy atom. The van der Waals surface area contributed by atoms with Gasteiger partial charge in [0.25, 0.3) is 0 Å². The molecule has 0 fully saturated rings. The van der Waals surface area contributed by atoms with Gasteiger partial charge in [-0.25, -0.2) is 0 Å². The van der Waals surface area contributed by atoms with E-state index < -0.39 is 0 Å². The second-order valence-corrected chi connectivity index (χ2v) is 8.34. The van der Waals surface area contributed by atoms with Gasteiger partial charge < -0.3 is 19.9 Å². The molecule has 9 heteroatoms. The van der Waals surface area contributed by atoms with Crippen molar-refractivity contribution < 1.29 is 14.3 Å². The zero-order valence-corrected chi connectivity index (χ0v) is 20.2. The molecule has 8 nitrogen and oxygen atoms in total. The Morgan fingerprint density at radius 3 is 2.45 bits per heavy atom. The van der Waals surface area contributed by atoms with Crippen molar-refractivity contribution >= 4 is 35.0 Å². The number of carbonyl (C=O) groups excluding carboxylic acids is 2. The minimum atomic E-state index is -0.191. The van der Waals surface area contributed by atoms with Crippen molar-refractivity contribution in [3.05, 3.63) is 59.4 Å². The average molecular weight is 468 g/mol. The number of hydrogen-bond acceptors (Lipinski definition) is 6. The lowest BCUT2D eigenvalue weighted by atomic mass is 10.1. The standard InChI is InChI=1S/C24H29N5O3S/c1-5-17-9-7-8-16(3)23(17)26-22(31)15-33-24-28-27-20(29(24)6-2)14-21(30)25-18-10-12-19(32-4)13-11-18/h7-13H,5-6,14-15H2,1-4H3,(H,25,30)(H,26,31). The van der Waals surface area contributed by atoms with Crippen LogP contribution in [0.3, 0.4) is 0 Å². The molecule has 174 valence electrons. The van der Waals surface area contributed by atoms with E-state index in [9.17, 15) is 9.59 Å². The third-order valence-corrected chi connectivity index (χ3v) is 6.11. The van der Waals surface area contributed by atoms with E-state index in [0.29, 0.717) is 23.2 Å². The van der Waals surface area contributed by atoms with Gasteiger partial charge in [-0.1, -0.05) is 36.9 Å². The lowest BCUT2D eigenvalue weighted by Crippen LogP contribution is -2.18. The van der Waals surface area contributed by atoms with Gasteiger partial charge >= 0.3 is 0 Å². The van der Waals surface area contributed by atoms with E-state index >= 15 is 0 Å². The molecule has 0 saturated carbocycles. The molecule has 0 aliphatic rings. The molecule has 2 amide bonds. The molecule has 0 bridgehead atoms. The topological polar surface area (TPSA) is 98.1 Å². The van der Waals surface area contributed by atoms with Crippen molar-refractivity contribution in [1.29, 1.82) is 0 Å². The Morgan fingerprint density at radius 2 is 1.79 bits per heavy atom. The number of rotatable bonds is 10. The Hall–Kier alpha value is -3.33. The summed E-state index contributed by atoms with van der Waals surface area (Å²) in [6, 6.07) is 13.1. The third kappa shape index (κ3) is 6.35. The molecule has 3 aromatic rings. The molecular formula is C24H29N5O3S. The molecule has 0 aliphatic carbocycles. The van der Waals surface area contributed by atoms with Crippen molar-refractivity contribution in [3.63, 3.8) is 0 Å². The second-order valence-electron chi connectivity index (χ2n) is 7.40. The van der Waals surface area contributed by atoms with Crippen LogP contribution >= 0.6 is 11.8 Å². The zero-order chi connectivity index (χ0) is 23.8. The fraction of sp³-hybridized carbons (Fsp3) is 0.333. The van der Waals surface area contributed by atoms with Crippen LogP contribution in [0, 0.1) is 6.92 Å². The molecule has 1 aromatic heterocycles. The number of nitrogens with one attached hydrogen (secondary N) is 2. The summed E-state index contributed by atoms with van der Waals surface area (Å²) in [7, 11) is 1.59. The van der Waals surface area contributed by atoms with Crippen LogP contribution in [0.4, 0.5) is 11.4 Å². The van der Waals surface area contributed by atoms with E-state index in [4.69, 9.17) is 4.74 Å². The molecule has 2 N–H and O–H groups in total. The van der Waals surface area contributed by atoms with Crippen LogP contribution in [-0.2, 0) is 29.0 Å². The first-order valence-electron chi connectivity index (χ1n) is 10.8. The molecular weight excluding hydrogens is 438 g/mol. The summed E-state index contributed by atoms with van der Waals surface area (Å²) in [5.74, 6) is 1.18. The maximum Gasteiger partial charge on any atom is 0.234 e. The highest BCUT2D eigenvalue weighted by molar-refractivity contribution is 7.99. The maximum atomic E-state index is 12.6. The molecule has 0 atom stereocenters. The summed E-state index contributed by atoms with van der Waals surface area (Å²) in [5.41, 5.74) is 3.69. The Kier molecular flexibility index (Phi) is 8.48. The summed E-state index contributed by atoms with van der Waals surface area (Å²) < 4.78 is 6.99. The van der Waals surface area contributed by atoms with Crippen LogP contribution < -0.4 is 15.4 Å². The van der Waals surface area contributed by atoms with Crippen molar-refractivity contribution in [2.75, 3.05) is 23.5 Å². The number of methoxy groups -OCH3 is 1. The van der Waals surface area contributed by atoms with E-state index in [2.05, 4.69) is 27.8 Å². The highest BCUT2D eigenvalue weighted by Gasteiger charge is 2.17. The number of thioether (sulfide) groups is 1. The number of nitrogens with zero attached hydrogens (tertiary/aromatic N) is 3. The predicted molar refractivity (Wildman–Crippen MR) is 131 cm³/mol. The van der Waals surface area contributed by atoms with Gasteiger partial charge in [0.2, 0.25) is 11.8 Å². The Labute approximate surface area is 198 Å². The first-order valence-corrected chi connectivity index (χ1v) is 11.8. The second kappa shape index (κ2) is 11.5. The molecule has 33 heavy (non-hydrogen) atoms. The number of para-hydroxylation sites is 1. The number of anilines is 2. The first-order chi connectivity index (χ1) is 15.9. The van der Waals surface area contributed by atoms with Crippen LogP contribution in [0.5, 0.6) is 5.75 Å². The van der Waals surface area contributed by atoms with Crippen molar-refractivity contribution in [3.8, 4) is 5.75 Å². The Balaban J connectivity index is 1.59. The fourth-order valence-corrected chi connectivity index (χ4v) is 4.23. The normalized spacial score (nSPS) is 10.7. The highest BCUT2D eigenvalue weighted by atomic mass is 32.2. The lowest BCUT2D eigenvalue weighted by Gasteiger charge is -2.13. The number of aromatic nitrogens is 3. The van der Waals surface area contributed by atoms with Crippen molar-refractivity contribution in [2.24, 2.45) is 0 Å². The number of hydrogen-bond donors (Lipinski definition) is 2. The predicted octanol–water partition coefficient (Wildman–Crippen LogP) is 4.09. The van der Waals surface area contributed by atoms with Crippen LogP contribution in [0.15, 0.2) is 47.6 Å². The summed E-state index contributed by atoms with van der Waals surface area (Å²) >= 11 is 1.31. The monoisotopic (exact) mass is 467 g/mol. The quantitative estimate of drug-likeness (QED) is 0.436. The molecule has 0 saturated heterocycles. The van der Waals surface area contributed by atoms with Gasteiger partial charge in [0.1, 0.15) is 11.6 Å². The van der Waals surface area contributed by atoms with E-state index in [1.807, 2.05) is 36.6 Å². The van der Waals surface area contributed by atoms with Crippen LogP contribution in [0.2, 0.25) is 0 Å². The first kappa shape index (κ1) is 24.3. The van der Waals surface area contributed by atoms with Crippen molar-refractivity contribution in [1.82, 2.24) is 14.8 Å². The fourth-order valence-electron chi connectivity index (χ4n) is 3.40. The number of amides is 2. The molecule has 0 spiro atoms. The minimum Gasteiger partial charge on any atom is -0.497 e. The lowest BCUT2D eigenvalue weighted by molar-refractivity contribution is -0.116. The van der Waals surface area contributed by atoms with Crippen LogP contribution in [0.25, 0.3) is 0 Å². The molecule has 0 aliphatic heterocycles. The van der Waals surface area contributed by atoms with E-state index in [1.165, 1.54) is 11.8 Å². The Bertz CT molecular complexity index is 1110. The number of carbonyl (C=O) groups is 2. The molecule has 0 radical (unpaired) electrons. The van der Waals surface area contributed by atoms with Gasteiger partial charge in [0.05, 0.1) is 19.3 Å². The smallest absolute Gasteiger partial charge is 0.234 e. The van der Waals surface area contributed by atoms with Gasteiger partial charge in [-0.2, -0.15) is 0 Å². The number of benzene rings is 2. The van der Waals surface area contributed by atoms with Crippen LogP contribution in [0.1, 0.15) is 30.8 Å². The summed E-state index contributed by atoms with van der Waals surface area (Å²) in [6.45, 7) is 6.60. The number of aryl methyl sites for hydroxylation is 2. The van der Waals surface area contributed by atoms with Crippen molar-refractivity contribution in [2.45, 2.75) is 45.3 Å². The highest BCUT2D eigenvalue weighted by Crippen LogP contribution is 2.23.